The lowest BCUT2D eigenvalue weighted by molar-refractivity contribution is -0.137. The van der Waals surface area contributed by atoms with Gasteiger partial charge in [-0.25, -0.2) is 9.97 Å². The first-order chi connectivity index (χ1) is 21.6. The van der Waals surface area contributed by atoms with Crippen molar-refractivity contribution >= 4 is 35.0 Å². The quantitative estimate of drug-likeness (QED) is 0.148. The zero-order valence-electron chi connectivity index (χ0n) is 26.7. The van der Waals surface area contributed by atoms with Crippen molar-refractivity contribution in [2.45, 2.75) is 31.6 Å². The highest BCUT2D eigenvalue weighted by molar-refractivity contribution is 7.99. The summed E-state index contributed by atoms with van der Waals surface area (Å²) in [6, 6.07) is 21.0. The van der Waals surface area contributed by atoms with Gasteiger partial charge in [0.15, 0.2) is 16.7 Å². The molecule has 0 aliphatic heterocycles. The fourth-order valence-corrected chi connectivity index (χ4v) is 5.60. The van der Waals surface area contributed by atoms with E-state index >= 15 is 0 Å². The van der Waals surface area contributed by atoms with E-state index in [9.17, 15) is 9.59 Å². The Hall–Kier alpha value is -4.77. The highest BCUT2D eigenvalue weighted by Gasteiger charge is 2.33. The van der Waals surface area contributed by atoms with E-state index in [1.165, 1.54) is 18.9 Å². The van der Waals surface area contributed by atoms with Crippen LogP contribution < -0.4 is 24.4 Å². The van der Waals surface area contributed by atoms with Crippen molar-refractivity contribution < 1.29 is 23.8 Å². The van der Waals surface area contributed by atoms with Crippen LogP contribution >= 0.6 is 11.8 Å². The van der Waals surface area contributed by atoms with Crippen LogP contribution in [0, 0.1) is 13.8 Å². The van der Waals surface area contributed by atoms with Gasteiger partial charge >= 0.3 is 0 Å². The number of hydrogen-bond acceptors (Lipinski definition) is 9. The number of carbonyl (C=O) groups is 2. The molecular weight excluding hydrogens is 590 g/mol. The molecule has 0 bridgehead atoms. The summed E-state index contributed by atoms with van der Waals surface area (Å²) in [4.78, 5) is 40.9. The Labute approximate surface area is 268 Å². The molecule has 0 aliphatic rings. The van der Waals surface area contributed by atoms with Crippen LogP contribution in [-0.2, 0) is 16.1 Å². The molecule has 4 rings (SSSR count). The summed E-state index contributed by atoms with van der Waals surface area (Å²) in [6.45, 7) is 3.93. The van der Waals surface area contributed by atoms with E-state index < -0.39 is 6.04 Å². The first-order valence-corrected chi connectivity index (χ1v) is 15.3. The van der Waals surface area contributed by atoms with Crippen LogP contribution in [0.15, 0.2) is 78.0 Å². The highest BCUT2D eigenvalue weighted by Crippen LogP contribution is 2.34. The Morgan fingerprint density at radius 1 is 0.822 bits per heavy atom. The molecule has 0 spiro atoms. The van der Waals surface area contributed by atoms with Crippen LogP contribution in [0.25, 0.3) is 0 Å². The molecule has 1 aromatic heterocycles. The number of methoxy groups -OCH3 is 3. The monoisotopic (exact) mass is 629 g/mol. The maximum absolute atomic E-state index is 14.2. The van der Waals surface area contributed by atoms with Crippen LogP contribution in [0.1, 0.15) is 28.6 Å². The van der Waals surface area contributed by atoms with E-state index in [-0.39, 0.29) is 24.1 Å². The summed E-state index contributed by atoms with van der Waals surface area (Å²) in [6.07, 6.45) is 0. The number of nitrogens with zero attached hydrogens (tertiary/aromatic N) is 4. The lowest BCUT2D eigenvalue weighted by atomic mass is 10.0. The van der Waals surface area contributed by atoms with E-state index in [0.29, 0.717) is 33.7 Å². The van der Waals surface area contributed by atoms with Crippen molar-refractivity contribution in [2.24, 2.45) is 0 Å². The van der Waals surface area contributed by atoms with Crippen LogP contribution in [0.3, 0.4) is 0 Å². The summed E-state index contributed by atoms with van der Waals surface area (Å²) in [7, 11) is 8.57. The van der Waals surface area contributed by atoms with Gasteiger partial charge in [-0.15, -0.1) is 0 Å². The predicted octanol–water partition coefficient (Wildman–Crippen LogP) is 5.69. The predicted molar refractivity (Wildman–Crippen MR) is 177 cm³/mol. The molecule has 1 N–H and O–H groups in total. The van der Waals surface area contributed by atoms with Crippen molar-refractivity contribution in [1.29, 1.82) is 0 Å². The third-order valence-corrected chi connectivity index (χ3v) is 7.89. The summed E-state index contributed by atoms with van der Waals surface area (Å²) >= 11 is 1.23. The molecular formula is C34H39N5O5S. The third kappa shape index (κ3) is 8.66. The minimum Gasteiger partial charge on any atom is -0.497 e. The lowest BCUT2D eigenvalue weighted by Gasteiger charge is -2.32. The SMILES string of the molecule is COc1ccc(CN(C(=O)CSc2nc(C)cc(C)n2)C(C(=O)Nc2ccc(N(C)C)cc2)c2ccc(OC)c(OC)c2)cc1. The fourth-order valence-electron chi connectivity index (χ4n) is 4.77. The Morgan fingerprint density at radius 2 is 1.47 bits per heavy atom. The molecule has 2 amide bonds. The molecule has 45 heavy (non-hydrogen) atoms. The molecule has 0 radical (unpaired) electrons. The largest absolute Gasteiger partial charge is 0.497 e. The molecule has 1 atom stereocenters. The molecule has 0 saturated carbocycles. The van der Waals surface area contributed by atoms with Crippen molar-refractivity contribution in [3.05, 3.63) is 95.3 Å². The minimum absolute atomic E-state index is 0.0215. The number of rotatable bonds is 13. The van der Waals surface area contributed by atoms with E-state index in [1.807, 2.05) is 87.4 Å². The number of hydrogen-bond donors (Lipinski definition) is 1. The Kier molecular flexibility index (Phi) is 11.3. The first kappa shape index (κ1) is 33.1. The van der Waals surface area contributed by atoms with Gasteiger partial charge in [-0.2, -0.15) is 0 Å². The Bertz CT molecular complexity index is 1590. The first-order valence-electron chi connectivity index (χ1n) is 14.3. The second-order valence-corrected chi connectivity index (χ2v) is 11.5. The molecule has 10 nitrogen and oxygen atoms in total. The highest BCUT2D eigenvalue weighted by atomic mass is 32.2. The van der Waals surface area contributed by atoms with E-state index in [1.54, 1.807) is 37.3 Å². The average molecular weight is 630 g/mol. The van der Waals surface area contributed by atoms with Crippen LogP contribution in [0.5, 0.6) is 17.2 Å². The summed E-state index contributed by atoms with van der Waals surface area (Å²) in [5.41, 5.74) is 4.61. The molecule has 0 fully saturated rings. The number of carbonyl (C=O) groups excluding carboxylic acids is 2. The summed E-state index contributed by atoms with van der Waals surface area (Å²) in [5.74, 6) is 1.02. The number of thioether (sulfide) groups is 1. The standard InChI is InChI=1S/C34H39N5O5S/c1-22-18-23(2)36-34(35-22)45-21-31(40)39(20-24-8-15-28(42-5)16-9-24)32(25-10-17-29(43-6)30(19-25)44-7)33(41)37-26-11-13-27(14-12-26)38(3)4/h8-19,32H,20-21H2,1-7H3,(H,37,41). The van der Waals surface area contributed by atoms with Gasteiger partial charge in [0.25, 0.3) is 5.91 Å². The van der Waals surface area contributed by atoms with Gasteiger partial charge in [-0.05, 0) is 79.6 Å². The normalized spacial score (nSPS) is 11.4. The third-order valence-electron chi connectivity index (χ3n) is 7.05. The zero-order chi connectivity index (χ0) is 32.5. The van der Waals surface area contributed by atoms with Gasteiger partial charge in [0.2, 0.25) is 5.91 Å². The van der Waals surface area contributed by atoms with Crippen molar-refractivity contribution in [3.63, 3.8) is 0 Å². The smallest absolute Gasteiger partial charge is 0.251 e. The number of aryl methyl sites for hydroxylation is 2. The van der Waals surface area contributed by atoms with E-state index in [0.717, 1.165) is 22.6 Å². The van der Waals surface area contributed by atoms with Crippen molar-refractivity contribution in [3.8, 4) is 17.2 Å². The van der Waals surface area contributed by atoms with Gasteiger partial charge in [0.05, 0.1) is 27.1 Å². The number of aromatic nitrogens is 2. The van der Waals surface area contributed by atoms with Gasteiger partial charge in [0, 0.05) is 43.4 Å². The Morgan fingerprint density at radius 3 is 2.04 bits per heavy atom. The van der Waals surface area contributed by atoms with Gasteiger partial charge < -0.3 is 29.3 Å². The van der Waals surface area contributed by atoms with Crippen LogP contribution in [0.4, 0.5) is 11.4 Å². The second-order valence-electron chi connectivity index (χ2n) is 10.5. The fraction of sp³-hybridized carbons (Fsp3) is 0.294. The maximum atomic E-state index is 14.2. The number of benzene rings is 3. The number of nitrogens with one attached hydrogen (secondary N) is 1. The number of anilines is 2. The van der Waals surface area contributed by atoms with E-state index in [2.05, 4.69) is 15.3 Å². The molecule has 4 aromatic rings. The van der Waals surface area contributed by atoms with E-state index in [4.69, 9.17) is 14.2 Å². The molecule has 1 heterocycles. The average Bonchev–Trinajstić information content (AvgIpc) is 3.03. The molecule has 3 aromatic carbocycles. The van der Waals surface area contributed by atoms with Gasteiger partial charge in [-0.1, -0.05) is 30.0 Å². The van der Waals surface area contributed by atoms with Crippen LogP contribution in [0.2, 0.25) is 0 Å². The lowest BCUT2D eigenvalue weighted by Crippen LogP contribution is -2.41. The number of ether oxygens (including phenoxy) is 3. The molecule has 0 aliphatic carbocycles. The molecule has 11 heteroatoms. The number of amides is 2. The molecule has 236 valence electrons. The van der Waals surface area contributed by atoms with Crippen molar-refractivity contribution in [1.82, 2.24) is 14.9 Å². The van der Waals surface area contributed by atoms with Crippen molar-refractivity contribution in [2.75, 3.05) is 51.4 Å². The minimum atomic E-state index is -1.02. The Balaban J connectivity index is 1.76. The second kappa shape index (κ2) is 15.3. The van der Waals surface area contributed by atoms with Gasteiger partial charge in [0.1, 0.15) is 11.8 Å². The topological polar surface area (TPSA) is 106 Å². The van der Waals surface area contributed by atoms with Gasteiger partial charge in [-0.3, -0.25) is 9.59 Å². The van der Waals surface area contributed by atoms with Crippen LogP contribution in [-0.4, -0.2) is 67.9 Å². The zero-order valence-corrected chi connectivity index (χ0v) is 27.5. The molecule has 1 unspecified atom stereocenters. The maximum Gasteiger partial charge on any atom is 0.251 e. The summed E-state index contributed by atoms with van der Waals surface area (Å²) < 4.78 is 16.4. The summed E-state index contributed by atoms with van der Waals surface area (Å²) in [5, 5.41) is 3.52. The molecule has 0 saturated heterocycles.